The van der Waals surface area contributed by atoms with E-state index in [0.29, 0.717) is 17.9 Å². The van der Waals surface area contributed by atoms with Crippen LogP contribution in [-0.2, 0) is 0 Å². The molecule has 0 amide bonds. The van der Waals surface area contributed by atoms with E-state index in [-0.39, 0.29) is 17.7 Å². The molecular formula is C30H46F2. The van der Waals surface area contributed by atoms with Gasteiger partial charge in [0.25, 0.3) is 0 Å². The van der Waals surface area contributed by atoms with E-state index in [0.717, 1.165) is 35.5 Å². The first-order valence-electron chi connectivity index (χ1n) is 12.0. The summed E-state index contributed by atoms with van der Waals surface area (Å²) in [5.74, 6) is 0.900. The summed E-state index contributed by atoms with van der Waals surface area (Å²) in [7, 11) is 0. The minimum atomic E-state index is -0.499. The van der Waals surface area contributed by atoms with E-state index in [1.54, 1.807) is 6.08 Å². The summed E-state index contributed by atoms with van der Waals surface area (Å²) in [5, 5.41) is 0. The molecule has 2 heteroatoms. The Morgan fingerprint density at radius 1 is 0.812 bits per heavy atom. The lowest BCUT2D eigenvalue weighted by atomic mass is 9.84. The molecule has 0 rings (SSSR count). The third kappa shape index (κ3) is 12.2. The number of rotatable bonds is 16. The number of hydrogen-bond donors (Lipinski definition) is 0. The highest BCUT2D eigenvalue weighted by Crippen LogP contribution is 2.28. The highest BCUT2D eigenvalue weighted by molar-refractivity contribution is 5.43. The molecule has 0 saturated heterocycles. The van der Waals surface area contributed by atoms with E-state index in [9.17, 15) is 8.78 Å². The van der Waals surface area contributed by atoms with Crippen molar-refractivity contribution < 1.29 is 8.78 Å². The van der Waals surface area contributed by atoms with Crippen molar-refractivity contribution in [2.75, 3.05) is 0 Å². The minimum Gasteiger partial charge on any atom is -0.208 e. The first-order chi connectivity index (χ1) is 14.9. The SMILES string of the molecule is C=C(F)/C=C\C(=C)C(C)C/C=C(\C)C(=C)/C(F)=C\C(=C)C(C)CCC(C)C(C)CCCC. The Labute approximate surface area is 197 Å². The van der Waals surface area contributed by atoms with Gasteiger partial charge in [-0.1, -0.05) is 97.9 Å². The van der Waals surface area contributed by atoms with E-state index >= 15 is 0 Å². The Morgan fingerprint density at radius 2 is 1.41 bits per heavy atom. The van der Waals surface area contributed by atoms with Gasteiger partial charge in [-0.2, -0.15) is 0 Å². The van der Waals surface area contributed by atoms with Crippen molar-refractivity contribution in [2.24, 2.45) is 23.7 Å². The molecule has 0 aromatic rings. The molecule has 0 fully saturated rings. The van der Waals surface area contributed by atoms with Crippen LogP contribution in [0.2, 0.25) is 0 Å². The van der Waals surface area contributed by atoms with Crippen LogP contribution >= 0.6 is 0 Å². The van der Waals surface area contributed by atoms with Crippen LogP contribution < -0.4 is 0 Å². The molecule has 0 aromatic heterocycles. The molecule has 0 aliphatic rings. The van der Waals surface area contributed by atoms with Crippen molar-refractivity contribution in [1.82, 2.24) is 0 Å². The molecule has 0 nitrogen and oxygen atoms in total. The molecule has 0 aliphatic carbocycles. The third-order valence-corrected chi connectivity index (χ3v) is 6.64. The van der Waals surface area contributed by atoms with Crippen molar-refractivity contribution in [1.29, 1.82) is 0 Å². The monoisotopic (exact) mass is 444 g/mol. The maximum absolute atomic E-state index is 14.8. The highest BCUT2D eigenvalue weighted by Gasteiger charge is 2.15. The number of allylic oxidation sites excluding steroid dienone is 10. The van der Waals surface area contributed by atoms with Crippen LogP contribution in [0.5, 0.6) is 0 Å². The van der Waals surface area contributed by atoms with E-state index < -0.39 is 5.83 Å². The highest BCUT2D eigenvalue weighted by atomic mass is 19.1. The van der Waals surface area contributed by atoms with Gasteiger partial charge in [0.05, 0.1) is 0 Å². The van der Waals surface area contributed by atoms with Crippen LogP contribution in [0.4, 0.5) is 8.78 Å². The summed E-state index contributed by atoms with van der Waals surface area (Å²) in [6.45, 7) is 28.1. The van der Waals surface area contributed by atoms with E-state index in [2.05, 4.69) is 54.0 Å². The largest absolute Gasteiger partial charge is 0.208 e. The fourth-order valence-corrected chi connectivity index (χ4v) is 3.36. The van der Waals surface area contributed by atoms with Gasteiger partial charge in [0.15, 0.2) is 0 Å². The third-order valence-electron chi connectivity index (χ3n) is 6.64. The summed E-state index contributed by atoms with van der Waals surface area (Å²) in [6, 6.07) is 0. The second-order valence-electron chi connectivity index (χ2n) is 9.50. The lowest BCUT2D eigenvalue weighted by molar-refractivity contribution is 0.318. The molecule has 0 saturated carbocycles. The van der Waals surface area contributed by atoms with Crippen molar-refractivity contribution in [2.45, 2.75) is 80.1 Å². The van der Waals surface area contributed by atoms with Crippen LogP contribution in [-0.4, -0.2) is 0 Å². The Morgan fingerprint density at radius 3 is 1.97 bits per heavy atom. The fourth-order valence-electron chi connectivity index (χ4n) is 3.36. The van der Waals surface area contributed by atoms with Crippen LogP contribution in [0.15, 0.2) is 84.6 Å². The van der Waals surface area contributed by atoms with Gasteiger partial charge in [-0.25, -0.2) is 8.78 Å². The van der Waals surface area contributed by atoms with Crippen LogP contribution in [0.1, 0.15) is 80.1 Å². The molecule has 0 radical (unpaired) electrons. The molecule has 0 aliphatic heterocycles. The summed E-state index contributed by atoms with van der Waals surface area (Å²) >= 11 is 0. The maximum atomic E-state index is 14.8. The quantitative estimate of drug-likeness (QED) is 0.208. The molecule has 0 N–H and O–H groups in total. The molecule has 0 spiro atoms. The van der Waals surface area contributed by atoms with Crippen LogP contribution in [0.25, 0.3) is 0 Å². The molecule has 4 atom stereocenters. The maximum Gasteiger partial charge on any atom is 0.130 e. The molecule has 4 unspecified atom stereocenters. The van der Waals surface area contributed by atoms with Gasteiger partial charge < -0.3 is 0 Å². The smallest absolute Gasteiger partial charge is 0.130 e. The topological polar surface area (TPSA) is 0 Å². The summed E-state index contributed by atoms with van der Waals surface area (Å²) in [6.07, 6.45) is 13.0. The Balaban J connectivity index is 4.81. The lowest BCUT2D eigenvalue weighted by Gasteiger charge is -2.22. The number of halogens is 2. The standard InChI is InChI=1S/C30H46F2/c1-11-12-13-21(2)22(3)14-15-25(6)27(8)20-30(32)29(10)26(7)17-16-23(4)24(5)18-19-28(9)31/h17-23,25H,5,8-16H2,1-4,6-7H3/b19-18-,26-17+,30-20+. The Hall–Kier alpha value is -1.96. The number of hydrogen-bond acceptors (Lipinski definition) is 0. The Kier molecular flexibility index (Phi) is 14.8. The van der Waals surface area contributed by atoms with E-state index in [1.807, 2.05) is 19.9 Å². The normalized spacial score (nSPS) is 16.5. The van der Waals surface area contributed by atoms with Gasteiger partial charge in [0.1, 0.15) is 11.7 Å². The summed E-state index contributed by atoms with van der Waals surface area (Å²) < 4.78 is 27.6. The summed E-state index contributed by atoms with van der Waals surface area (Å²) in [5.41, 5.74) is 2.78. The first kappa shape index (κ1) is 30.0. The zero-order chi connectivity index (χ0) is 24.8. The molecule has 0 bridgehead atoms. The predicted molar refractivity (Wildman–Crippen MR) is 140 cm³/mol. The van der Waals surface area contributed by atoms with Crippen molar-refractivity contribution >= 4 is 0 Å². The van der Waals surface area contributed by atoms with Gasteiger partial charge in [-0.15, -0.1) is 0 Å². The molecule has 0 heterocycles. The second kappa shape index (κ2) is 15.8. The van der Waals surface area contributed by atoms with E-state index in [4.69, 9.17) is 0 Å². The van der Waals surface area contributed by atoms with Crippen LogP contribution in [0, 0.1) is 23.7 Å². The molecule has 180 valence electrons. The average molecular weight is 445 g/mol. The van der Waals surface area contributed by atoms with Gasteiger partial charge in [-0.3, -0.25) is 0 Å². The minimum absolute atomic E-state index is 0.108. The zero-order valence-corrected chi connectivity index (χ0v) is 21.4. The molecule has 0 aromatic carbocycles. The lowest BCUT2D eigenvalue weighted by Crippen LogP contribution is -2.10. The zero-order valence-electron chi connectivity index (χ0n) is 21.4. The predicted octanol–water partition coefficient (Wildman–Crippen LogP) is 10.4. The van der Waals surface area contributed by atoms with Gasteiger partial charge >= 0.3 is 0 Å². The van der Waals surface area contributed by atoms with Crippen molar-refractivity contribution in [3.63, 3.8) is 0 Å². The Bertz CT molecular complexity index is 732. The summed E-state index contributed by atoms with van der Waals surface area (Å²) in [4.78, 5) is 0. The van der Waals surface area contributed by atoms with Crippen LogP contribution in [0.3, 0.4) is 0 Å². The van der Waals surface area contributed by atoms with E-state index in [1.165, 1.54) is 31.4 Å². The number of unbranched alkanes of at least 4 members (excludes halogenated alkanes) is 1. The van der Waals surface area contributed by atoms with Crippen molar-refractivity contribution in [3.05, 3.63) is 84.6 Å². The second-order valence-corrected chi connectivity index (χ2v) is 9.50. The first-order valence-corrected chi connectivity index (χ1v) is 12.0. The van der Waals surface area contributed by atoms with Gasteiger partial charge in [0, 0.05) is 5.57 Å². The molecular weight excluding hydrogens is 398 g/mol. The van der Waals surface area contributed by atoms with Gasteiger partial charge in [-0.05, 0) is 73.2 Å². The van der Waals surface area contributed by atoms with Crippen molar-refractivity contribution in [3.8, 4) is 0 Å². The molecule has 32 heavy (non-hydrogen) atoms. The fraction of sp³-hybridized carbons (Fsp3) is 0.533. The average Bonchev–Trinajstić information content (AvgIpc) is 2.75. The van der Waals surface area contributed by atoms with Gasteiger partial charge in [0.2, 0.25) is 0 Å².